The normalized spacial score (nSPS) is 17.3. The maximum absolute atomic E-state index is 11.5. The Labute approximate surface area is 129 Å². The highest BCUT2D eigenvalue weighted by Gasteiger charge is 2.44. The van der Waals surface area contributed by atoms with E-state index in [4.69, 9.17) is 0 Å². The van der Waals surface area contributed by atoms with E-state index in [2.05, 4.69) is 38.6 Å². The number of carbonyl (C=O) groups is 1. The molecule has 3 rings (SSSR count). The summed E-state index contributed by atoms with van der Waals surface area (Å²) >= 11 is 0. The largest absolute Gasteiger partial charge is 0.468 e. The number of fused-ring (bicyclic) bond motifs is 1. The summed E-state index contributed by atoms with van der Waals surface area (Å²) in [5.41, 5.74) is 1.00. The fraction of sp³-hybridized carbons (Fsp3) is 0.600. The van der Waals surface area contributed by atoms with Gasteiger partial charge in [-0.25, -0.2) is 14.6 Å². The van der Waals surface area contributed by atoms with Crippen molar-refractivity contribution in [1.82, 2.24) is 19.7 Å². The number of esters is 1. The van der Waals surface area contributed by atoms with Gasteiger partial charge in [0.2, 0.25) is 0 Å². The van der Waals surface area contributed by atoms with Crippen LogP contribution in [0.25, 0.3) is 11.0 Å². The zero-order valence-electron chi connectivity index (χ0n) is 13.4. The molecule has 0 amide bonds. The van der Waals surface area contributed by atoms with Gasteiger partial charge >= 0.3 is 5.97 Å². The van der Waals surface area contributed by atoms with E-state index >= 15 is 0 Å². The van der Waals surface area contributed by atoms with E-state index in [9.17, 15) is 4.79 Å². The predicted molar refractivity (Wildman–Crippen MR) is 82.5 cm³/mol. The van der Waals surface area contributed by atoms with Crippen molar-refractivity contribution in [2.75, 3.05) is 19.1 Å². The highest BCUT2D eigenvalue weighted by atomic mass is 16.5. The minimum atomic E-state index is -0.350. The van der Waals surface area contributed by atoms with E-state index in [1.54, 1.807) is 10.9 Å². The first-order chi connectivity index (χ1) is 10.5. The van der Waals surface area contributed by atoms with Crippen LogP contribution in [0, 0.1) is 5.41 Å². The molecule has 2 aromatic heterocycles. The number of hydrogen-bond acceptors (Lipinski definition) is 6. The molecule has 0 N–H and O–H groups in total. The molecule has 1 aliphatic rings. The predicted octanol–water partition coefficient (Wildman–Crippen LogP) is 1.62. The van der Waals surface area contributed by atoms with Gasteiger partial charge in [0.25, 0.3) is 0 Å². The summed E-state index contributed by atoms with van der Waals surface area (Å²) in [5.74, 6) is 0.499. The smallest absolute Gasteiger partial charge is 0.327 e. The molecule has 0 unspecified atom stereocenters. The minimum Gasteiger partial charge on any atom is -0.468 e. The highest BCUT2D eigenvalue weighted by molar-refractivity contribution is 5.87. The second-order valence-corrected chi connectivity index (χ2v) is 6.25. The van der Waals surface area contributed by atoms with E-state index in [0.717, 1.165) is 11.2 Å². The summed E-state index contributed by atoms with van der Waals surface area (Å²) in [4.78, 5) is 22.3. The second kappa shape index (κ2) is 5.23. The van der Waals surface area contributed by atoms with Crippen molar-refractivity contribution in [2.45, 2.75) is 39.3 Å². The highest BCUT2D eigenvalue weighted by Crippen LogP contribution is 2.50. The molecule has 0 bridgehead atoms. The maximum Gasteiger partial charge on any atom is 0.327 e. The minimum absolute atomic E-state index is 0.0490. The maximum atomic E-state index is 11.5. The van der Waals surface area contributed by atoms with Gasteiger partial charge in [-0.2, -0.15) is 5.10 Å². The number of ether oxygens (including phenoxy) is 1. The quantitative estimate of drug-likeness (QED) is 0.782. The summed E-state index contributed by atoms with van der Waals surface area (Å²) in [6.07, 6.45) is 5.72. The molecule has 0 spiro atoms. The van der Waals surface area contributed by atoms with Gasteiger partial charge in [-0.15, -0.1) is 0 Å². The first kappa shape index (κ1) is 14.7. The number of methoxy groups -OCH3 is 1. The fourth-order valence-corrected chi connectivity index (χ4v) is 2.73. The molecule has 22 heavy (non-hydrogen) atoms. The Morgan fingerprint density at radius 3 is 2.86 bits per heavy atom. The monoisotopic (exact) mass is 303 g/mol. The molecule has 7 heteroatoms. The summed E-state index contributed by atoms with van der Waals surface area (Å²) in [7, 11) is 3.41. The van der Waals surface area contributed by atoms with E-state index in [1.165, 1.54) is 26.3 Å². The average Bonchev–Trinajstić information content (AvgIpc) is 3.15. The van der Waals surface area contributed by atoms with Crippen molar-refractivity contribution in [3.05, 3.63) is 12.5 Å². The molecule has 0 saturated heterocycles. The lowest BCUT2D eigenvalue weighted by Crippen LogP contribution is -2.36. The number of anilines is 1. The molecule has 0 aliphatic heterocycles. The van der Waals surface area contributed by atoms with Crippen LogP contribution in [-0.4, -0.2) is 45.9 Å². The van der Waals surface area contributed by atoms with Gasteiger partial charge in [0.1, 0.15) is 18.7 Å². The first-order valence-electron chi connectivity index (χ1n) is 7.42. The lowest BCUT2D eigenvalue weighted by molar-refractivity contribution is -0.141. The second-order valence-electron chi connectivity index (χ2n) is 6.25. The van der Waals surface area contributed by atoms with Crippen LogP contribution in [0.2, 0.25) is 0 Å². The number of nitrogens with zero attached hydrogens (tertiary/aromatic N) is 5. The summed E-state index contributed by atoms with van der Waals surface area (Å²) in [5, 5.41) is 5.10. The summed E-state index contributed by atoms with van der Waals surface area (Å²) in [6.45, 7) is 4.57. The van der Waals surface area contributed by atoms with E-state index in [0.29, 0.717) is 17.1 Å². The van der Waals surface area contributed by atoms with Crippen molar-refractivity contribution in [2.24, 2.45) is 5.41 Å². The first-order valence-corrected chi connectivity index (χ1v) is 7.42. The third-order valence-corrected chi connectivity index (χ3v) is 4.88. The Morgan fingerprint density at radius 2 is 2.23 bits per heavy atom. The van der Waals surface area contributed by atoms with Crippen LogP contribution in [-0.2, 0) is 16.1 Å². The molecular weight excluding hydrogens is 282 g/mol. The van der Waals surface area contributed by atoms with Crippen LogP contribution in [0.15, 0.2) is 12.5 Å². The molecule has 0 radical (unpaired) electrons. The Bertz CT molecular complexity index is 707. The molecule has 118 valence electrons. The molecule has 7 nitrogen and oxygen atoms in total. The van der Waals surface area contributed by atoms with Gasteiger partial charge in [0.05, 0.1) is 18.7 Å². The molecule has 2 heterocycles. The molecule has 0 aromatic carbocycles. The van der Waals surface area contributed by atoms with E-state index in [1.807, 2.05) is 7.05 Å². The third-order valence-electron chi connectivity index (χ3n) is 4.88. The van der Waals surface area contributed by atoms with Gasteiger partial charge in [0.15, 0.2) is 5.65 Å². The van der Waals surface area contributed by atoms with E-state index in [-0.39, 0.29) is 12.5 Å². The standard InChI is InChI=1S/C15H21N5O2/c1-10(15(2)5-6-15)19(3)13-11-7-18-20(8-12(21)22-4)14(11)17-9-16-13/h7,9-10H,5-6,8H2,1-4H3/t10-/m0/s1. The molecular formula is C15H21N5O2. The van der Waals surface area contributed by atoms with Crippen LogP contribution in [0.5, 0.6) is 0 Å². The Hall–Kier alpha value is -2.18. The number of hydrogen-bond donors (Lipinski definition) is 0. The molecule has 1 aliphatic carbocycles. The van der Waals surface area contributed by atoms with Crippen LogP contribution in [0.4, 0.5) is 5.82 Å². The summed E-state index contributed by atoms with van der Waals surface area (Å²) < 4.78 is 6.23. The molecule has 2 aromatic rings. The van der Waals surface area contributed by atoms with Crippen molar-refractivity contribution < 1.29 is 9.53 Å². The Balaban J connectivity index is 1.95. The van der Waals surface area contributed by atoms with Gasteiger partial charge in [-0.3, -0.25) is 4.79 Å². The van der Waals surface area contributed by atoms with Crippen molar-refractivity contribution in [1.29, 1.82) is 0 Å². The summed E-state index contributed by atoms with van der Waals surface area (Å²) in [6, 6.07) is 0.384. The number of aromatic nitrogens is 4. The topological polar surface area (TPSA) is 73.1 Å². The van der Waals surface area contributed by atoms with Crippen LogP contribution >= 0.6 is 0 Å². The number of rotatable bonds is 5. The van der Waals surface area contributed by atoms with Gasteiger partial charge < -0.3 is 9.64 Å². The zero-order chi connectivity index (χ0) is 15.9. The van der Waals surface area contributed by atoms with Gasteiger partial charge in [0, 0.05) is 13.1 Å². The lowest BCUT2D eigenvalue weighted by Gasteiger charge is -2.31. The SMILES string of the molecule is COC(=O)Cn1ncc2c(N(C)[C@@H](C)C3(C)CC3)ncnc21. The number of carbonyl (C=O) groups excluding carboxylic acids is 1. The van der Waals surface area contributed by atoms with E-state index < -0.39 is 0 Å². The van der Waals surface area contributed by atoms with Crippen LogP contribution in [0.3, 0.4) is 0 Å². The van der Waals surface area contributed by atoms with Crippen molar-refractivity contribution in [3.8, 4) is 0 Å². The Kier molecular flexibility index (Phi) is 3.50. The molecule has 1 atom stereocenters. The Morgan fingerprint density at radius 1 is 1.50 bits per heavy atom. The average molecular weight is 303 g/mol. The molecule has 1 fully saturated rings. The lowest BCUT2D eigenvalue weighted by atomic mass is 9.99. The zero-order valence-corrected chi connectivity index (χ0v) is 13.4. The van der Waals surface area contributed by atoms with Crippen LogP contribution in [0.1, 0.15) is 26.7 Å². The van der Waals surface area contributed by atoms with Crippen molar-refractivity contribution in [3.63, 3.8) is 0 Å². The third kappa shape index (κ3) is 2.40. The van der Waals surface area contributed by atoms with Gasteiger partial charge in [-0.1, -0.05) is 6.92 Å². The van der Waals surface area contributed by atoms with Gasteiger partial charge in [-0.05, 0) is 25.2 Å². The molecule has 1 saturated carbocycles. The van der Waals surface area contributed by atoms with Crippen molar-refractivity contribution >= 4 is 22.8 Å². The van der Waals surface area contributed by atoms with Crippen LogP contribution < -0.4 is 4.90 Å². The fourth-order valence-electron chi connectivity index (χ4n) is 2.73.